The van der Waals surface area contributed by atoms with E-state index in [1.807, 2.05) is 0 Å². The molecule has 0 aliphatic heterocycles. The fourth-order valence-electron chi connectivity index (χ4n) is 3.06. The van der Waals surface area contributed by atoms with Crippen molar-refractivity contribution in [2.75, 3.05) is 5.32 Å². The monoisotopic (exact) mass is 249 g/mol. The van der Waals surface area contributed by atoms with Gasteiger partial charge in [-0.2, -0.15) is 0 Å². The van der Waals surface area contributed by atoms with Gasteiger partial charge < -0.3 is 10.4 Å². The van der Waals surface area contributed by atoms with E-state index in [1.165, 1.54) is 37.5 Å². The molecule has 2 N–H and O–H groups in total. The second-order valence-electron chi connectivity index (χ2n) is 5.34. The number of halogens is 1. The van der Waals surface area contributed by atoms with E-state index in [2.05, 4.69) is 5.32 Å². The summed E-state index contributed by atoms with van der Waals surface area (Å²) in [4.78, 5) is 10.9. The molecule has 2 aliphatic rings. The summed E-state index contributed by atoms with van der Waals surface area (Å²) in [5.74, 6) is 0.0716. The largest absolute Gasteiger partial charge is 0.478 e. The lowest BCUT2D eigenvalue weighted by Gasteiger charge is -2.24. The van der Waals surface area contributed by atoms with Gasteiger partial charge in [0.1, 0.15) is 5.82 Å². The van der Waals surface area contributed by atoms with Gasteiger partial charge in [-0.15, -0.1) is 0 Å². The predicted molar refractivity (Wildman–Crippen MR) is 66.2 cm³/mol. The minimum absolute atomic E-state index is 0.127. The van der Waals surface area contributed by atoms with E-state index in [4.69, 9.17) is 5.11 Å². The Morgan fingerprint density at radius 1 is 1.39 bits per heavy atom. The Balaban J connectivity index is 1.78. The van der Waals surface area contributed by atoms with Crippen LogP contribution in [0.4, 0.5) is 10.1 Å². The van der Waals surface area contributed by atoms with Crippen LogP contribution in [-0.2, 0) is 0 Å². The van der Waals surface area contributed by atoms with Gasteiger partial charge in [-0.1, -0.05) is 12.8 Å². The number of carboxylic acid groups (broad SMARTS) is 1. The third-order valence-electron chi connectivity index (χ3n) is 4.14. The molecule has 96 valence electrons. The van der Waals surface area contributed by atoms with Crippen LogP contribution in [0.3, 0.4) is 0 Å². The van der Waals surface area contributed by atoms with Gasteiger partial charge >= 0.3 is 5.97 Å². The number of carbonyl (C=O) groups is 1. The van der Waals surface area contributed by atoms with Crippen LogP contribution < -0.4 is 5.32 Å². The van der Waals surface area contributed by atoms with E-state index < -0.39 is 5.97 Å². The Labute approximate surface area is 105 Å². The first-order valence-corrected chi connectivity index (χ1v) is 6.44. The molecule has 3 rings (SSSR count). The molecule has 3 nitrogen and oxygen atoms in total. The molecule has 4 heteroatoms. The summed E-state index contributed by atoms with van der Waals surface area (Å²) in [6, 6.07) is 4.22. The van der Waals surface area contributed by atoms with Gasteiger partial charge in [0.15, 0.2) is 0 Å². The van der Waals surface area contributed by atoms with Gasteiger partial charge in [0.2, 0.25) is 0 Å². The van der Waals surface area contributed by atoms with Crippen LogP contribution in [0.15, 0.2) is 18.2 Å². The number of fused-ring (bicyclic) bond motifs is 1. The second kappa shape index (κ2) is 4.26. The molecule has 18 heavy (non-hydrogen) atoms. The Bertz CT molecular complexity index is 489. The van der Waals surface area contributed by atoms with Gasteiger partial charge in [-0.25, -0.2) is 9.18 Å². The molecule has 1 aromatic rings. The number of rotatable bonds is 3. The van der Waals surface area contributed by atoms with E-state index in [1.54, 1.807) is 0 Å². The maximum absolute atomic E-state index is 13.7. The van der Waals surface area contributed by atoms with Crippen molar-refractivity contribution in [1.82, 2.24) is 0 Å². The predicted octanol–water partition coefficient (Wildman–Crippen LogP) is 3.12. The Morgan fingerprint density at radius 3 is 3.00 bits per heavy atom. The van der Waals surface area contributed by atoms with Crippen molar-refractivity contribution in [3.63, 3.8) is 0 Å². The number of hydrogen-bond donors (Lipinski definition) is 2. The van der Waals surface area contributed by atoms with Crippen LogP contribution in [0.25, 0.3) is 0 Å². The molecule has 0 saturated heterocycles. The quantitative estimate of drug-likeness (QED) is 0.865. The molecule has 2 fully saturated rings. The van der Waals surface area contributed by atoms with E-state index in [0.29, 0.717) is 17.6 Å². The highest BCUT2D eigenvalue weighted by molar-refractivity contribution is 5.88. The first kappa shape index (κ1) is 11.5. The van der Waals surface area contributed by atoms with Crippen molar-refractivity contribution in [3.8, 4) is 0 Å². The van der Waals surface area contributed by atoms with Crippen molar-refractivity contribution in [2.45, 2.75) is 31.7 Å². The maximum atomic E-state index is 13.7. The summed E-state index contributed by atoms with van der Waals surface area (Å²) in [6.07, 6.45) is 4.76. The molecular formula is C14H16FNO2. The zero-order chi connectivity index (χ0) is 12.7. The van der Waals surface area contributed by atoms with Crippen molar-refractivity contribution >= 4 is 11.7 Å². The summed E-state index contributed by atoms with van der Waals surface area (Å²) in [7, 11) is 0. The van der Waals surface area contributed by atoms with Crippen molar-refractivity contribution in [1.29, 1.82) is 0 Å². The number of aromatic carboxylic acids is 1. The van der Waals surface area contributed by atoms with Gasteiger partial charge in [0, 0.05) is 6.04 Å². The van der Waals surface area contributed by atoms with Crippen molar-refractivity contribution in [3.05, 3.63) is 29.6 Å². The van der Waals surface area contributed by atoms with Gasteiger partial charge in [-0.3, -0.25) is 0 Å². The van der Waals surface area contributed by atoms with Crippen LogP contribution in [-0.4, -0.2) is 17.1 Å². The number of nitrogens with one attached hydrogen (secondary N) is 1. The highest BCUT2D eigenvalue weighted by atomic mass is 19.1. The average molecular weight is 249 g/mol. The third kappa shape index (κ3) is 2.07. The Kier molecular flexibility index (Phi) is 2.73. The lowest BCUT2D eigenvalue weighted by molar-refractivity contribution is 0.0697. The number of anilines is 1. The number of benzene rings is 1. The summed E-state index contributed by atoms with van der Waals surface area (Å²) < 4.78 is 13.7. The minimum Gasteiger partial charge on any atom is -0.478 e. The fraction of sp³-hybridized carbons (Fsp3) is 0.500. The molecule has 0 aromatic heterocycles. The molecule has 1 aromatic carbocycles. The zero-order valence-corrected chi connectivity index (χ0v) is 10.0. The third-order valence-corrected chi connectivity index (χ3v) is 4.14. The average Bonchev–Trinajstić information content (AvgIpc) is 3.11. The summed E-state index contributed by atoms with van der Waals surface area (Å²) in [5.41, 5.74) is 0.453. The highest BCUT2D eigenvalue weighted by Gasteiger charge is 2.45. The van der Waals surface area contributed by atoms with Crippen LogP contribution in [0.2, 0.25) is 0 Å². The Morgan fingerprint density at radius 2 is 2.22 bits per heavy atom. The van der Waals surface area contributed by atoms with E-state index >= 15 is 0 Å². The molecular weight excluding hydrogens is 233 g/mol. The van der Waals surface area contributed by atoms with Gasteiger partial charge in [0.25, 0.3) is 0 Å². The Hall–Kier alpha value is -1.58. The molecule has 0 bridgehead atoms. The topological polar surface area (TPSA) is 49.3 Å². The van der Waals surface area contributed by atoms with E-state index in [9.17, 15) is 9.18 Å². The molecule has 1 unspecified atom stereocenters. The van der Waals surface area contributed by atoms with Crippen LogP contribution in [0.1, 0.15) is 36.0 Å². The van der Waals surface area contributed by atoms with Crippen molar-refractivity contribution < 1.29 is 14.3 Å². The van der Waals surface area contributed by atoms with Crippen molar-refractivity contribution in [2.24, 2.45) is 11.8 Å². The van der Waals surface area contributed by atoms with E-state index in [-0.39, 0.29) is 11.4 Å². The molecule has 2 aliphatic carbocycles. The highest BCUT2D eigenvalue weighted by Crippen LogP contribution is 2.50. The standard InChI is InChI=1S/C14H16FNO2/c15-11-5-4-9(14(17)18)7-13(11)16-12-3-1-2-8-6-10(8)12/h4-5,7-8,10,12,16H,1-3,6H2,(H,17,18)/t8-,10+,12?/m0/s1. The fourth-order valence-corrected chi connectivity index (χ4v) is 3.06. The summed E-state index contributed by atoms with van der Waals surface area (Å²) in [6.45, 7) is 0. The van der Waals surface area contributed by atoms with Gasteiger partial charge in [-0.05, 0) is 42.9 Å². The summed E-state index contributed by atoms with van der Waals surface area (Å²) in [5, 5.41) is 12.1. The molecule has 0 spiro atoms. The first-order chi connectivity index (χ1) is 8.65. The molecule has 0 radical (unpaired) electrons. The van der Waals surface area contributed by atoms with Gasteiger partial charge in [0.05, 0.1) is 11.3 Å². The van der Waals surface area contributed by atoms with Crippen LogP contribution >= 0.6 is 0 Å². The minimum atomic E-state index is -1.02. The SMILES string of the molecule is O=C(O)c1ccc(F)c(NC2CCC[C@H]3C[C@@H]23)c1. The molecule has 0 amide bonds. The molecule has 3 atom stereocenters. The molecule has 0 heterocycles. The van der Waals surface area contributed by atoms with Crippen LogP contribution in [0, 0.1) is 17.7 Å². The second-order valence-corrected chi connectivity index (χ2v) is 5.34. The number of carboxylic acids is 1. The zero-order valence-electron chi connectivity index (χ0n) is 10.0. The lowest BCUT2D eigenvalue weighted by atomic mass is 9.95. The smallest absolute Gasteiger partial charge is 0.335 e. The first-order valence-electron chi connectivity index (χ1n) is 6.44. The maximum Gasteiger partial charge on any atom is 0.335 e. The normalized spacial score (nSPS) is 29.5. The molecule has 2 saturated carbocycles. The number of hydrogen-bond acceptors (Lipinski definition) is 2. The van der Waals surface area contributed by atoms with Crippen LogP contribution in [0.5, 0.6) is 0 Å². The lowest BCUT2D eigenvalue weighted by Crippen LogP contribution is -2.26. The van der Waals surface area contributed by atoms with E-state index in [0.717, 1.165) is 12.3 Å². The summed E-state index contributed by atoms with van der Waals surface area (Å²) >= 11 is 0.